The number of pyridine rings is 1. The maximum absolute atomic E-state index is 5.93. The molecular formula is C23H30N5OS+. The first-order valence-electron chi connectivity index (χ1n) is 10.9. The smallest absolute Gasteiger partial charge is 0.207 e. The van der Waals surface area contributed by atoms with Gasteiger partial charge in [0.2, 0.25) is 4.77 Å². The minimum absolute atomic E-state index is 0.649. The summed E-state index contributed by atoms with van der Waals surface area (Å²) in [6, 6.07) is 12.7. The Balaban J connectivity index is 1.75. The largest absolute Gasteiger partial charge is 0.494 e. The van der Waals surface area contributed by atoms with Crippen molar-refractivity contribution in [2.75, 3.05) is 13.2 Å². The van der Waals surface area contributed by atoms with Crippen LogP contribution in [0.3, 0.4) is 0 Å². The van der Waals surface area contributed by atoms with E-state index >= 15 is 0 Å². The van der Waals surface area contributed by atoms with Crippen molar-refractivity contribution in [2.45, 2.75) is 52.2 Å². The standard InChI is InChI=1S/C23H29N5OS/c1-3-19-7-5-6-16-26(19)17-27-23(30)28(20-8-10-21(11-9-20)29-4-2)22(25-27)18-12-14-24-15-13-18/h8-15,19H,3-7,16-17H2,1-2H3/p+1/t19-/m1/s1. The molecule has 7 heteroatoms. The maximum atomic E-state index is 5.93. The number of hydrogen-bond donors (Lipinski definition) is 1. The zero-order valence-electron chi connectivity index (χ0n) is 17.8. The highest BCUT2D eigenvalue weighted by molar-refractivity contribution is 7.71. The van der Waals surface area contributed by atoms with Crippen molar-refractivity contribution in [2.24, 2.45) is 0 Å². The van der Waals surface area contributed by atoms with Crippen molar-refractivity contribution >= 4 is 12.2 Å². The third-order valence-corrected chi connectivity index (χ3v) is 6.30. The number of hydrogen-bond acceptors (Lipinski definition) is 4. The highest BCUT2D eigenvalue weighted by Gasteiger charge is 2.26. The Morgan fingerprint density at radius 1 is 1.10 bits per heavy atom. The summed E-state index contributed by atoms with van der Waals surface area (Å²) in [5, 5.41) is 4.97. The number of aromatic nitrogens is 4. The molecular weight excluding hydrogens is 394 g/mol. The van der Waals surface area contributed by atoms with Crippen LogP contribution in [0.1, 0.15) is 39.5 Å². The Morgan fingerprint density at radius 2 is 1.87 bits per heavy atom. The van der Waals surface area contributed by atoms with E-state index in [1.807, 2.05) is 48.0 Å². The summed E-state index contributed by atoms with van der Waals surface area (Å²) in [5.41, 5.74) is 1.99. The summed E-state index contributed by atoms with van der Waals surface area (Å²) in [6.45, 7) is 6.91. The van der Waals surface area contributed by atoms with Crippen molar-refractivity contribution in [3.8, 4) is 22.8 Å². The van der Waals surface area contributed by atoms with Crippen LogP contribution in [-0.2, 0) is 6.67 Å². The molecule has 2 atom stereocenters. The molecule has 1 aliphatic heterocycles. The highest BCUT2D eigenvalue weighted by atomic mass is 32.1. The van der Waals surface area contributed by atoms with Crippen LogP contribution < -0.4 is 9.64 Å². The fourth-order valence-electron chi connectivity index (χ4n) is 4.33. The van der Waals surface area contributed by atoms with E-state index in [0.29, 0.717) is 12.6 Å². The molecule has 6 nitrogen and oxygen atoms in total. The van der Waals surface area contributed by atoms with Gasteiger partial charge in [0.25, 0.3) is 0 Å². The average molecular weight is 425 g/mol. The molecule has 0 aliphatic carbocycles. The van der Waals surface area contributed by atoms with Crippen LogP contribution in [0.15, 0.2) is 48.8 Å². The molecule has 1 aromatic carbocycles. The summed E-state index contributed by atoms with van der Waals surface area (Å²) >= 11 is 5.93. The molecule has 3 aromatic rings. The monoisotopic (exact) mass is 424 g/mol. The van der Waals surface area contributed by atoms with Gasteiger partial charge < -0.3 is 9.64 Å². The third kappa shape index (κ3) is 4.32. The second kappa shape index (κ2) is 9.53. The van der Waals surface area contributed by atoms with Crippen LogP contribution in [0.4, 0.5) is 0 Å². The first-order valence-corrected chi connectivity index (χ1v) is 11.3. The fourth-order valence-corrected chi connectivity index (χ4v) is 4.63. The van der Waals surface area contributed by atoms with Gasteiger partial charge in [0, 0.05) is 18.0 Å². The SMILES string of the molecule is CCOc1ccc(-n2c(-c3ccncc3)nn(C[NH+]3CCCC[C@H]3CC)c2=S)cc1. The zero-order chi connectivity index (χ0) is 20.9. The maximum Gasteiger partial charge on any atom is 0.207 e. The predicted molar refractivity (Wildman–Crippen MR) is 121 cm³/mol. The number of nitrogens with one attached hydrogen (secondary N) is 1. The molecule has 4 rings (SSSR count). The molecule has 1 unspecified atom stereocenters. The summed E-state index contributed by atoms with van der Waals surface area (Å²) in [4.78, 5) is 5.74. The Labute approximate surface area is 183 Å². The van der Waals surface area contributed by atoms with Crippen LogP contribution in [0.2, 0.25) is 0 Å². The number of likely N-dealkylation sites (tertiary alicyclic amines) is 1. The first kappa shape index (κ1) is 20.8. The van der Waals surface area contributed by atoms with Crippen molar-refractivity contribution in [1.82, 2.24) is 19.3 Å². The summed E-state index contributed by atoms with van der Waals surface area (Å²) in [7, 11) is 0. The van der Waals surface area contributed by atoms with E-state index in [1.165, 1.54) is 32.2 Å². The van der Waals surface area contributed by atoms with Gasteiger partial charge in [0.1, 0.15) is 5.75 Å². The first-order chi connectivity index (χ1) is 14.7. The van der Waals surface area contributed by atoms with E-state index in [4.69, 9.17) is 22.1 Å². The zero-order valence-corrected chi connectivity index (χ0v) is 18.6. The van der Waals surface area contributed by atoms with E-state index in [-0.39, 0.29) is 0 Å². The molecule has 1 aliphatic rings. The number of ether oxygens (including phenoxy) is 1. The lowest BCUT2D eigenvalue weighted by molar-refractivity contribution is -0.953. The van der Waals surface area contributed by atoms with Crippen molar-refractivity contribution < 1.29 is 9.64 Å². The molecule has 158 valence electrons. The van der Waals surface area contributed by atoms with E-state index in [0.717, 1.165) is 34.3 Å². The lowest BCUT2D eigenvalue weighted by Crippen LogP contribution is -3.15. The second-order valence-electron chi connectivity index (χ2n) is 7.77. The van der Waals surface area contributed by atoms with Crippen molar-refractivity contribution in [1.29, 1.82) is 0 Å². The molecule has 3 heterocycles. The molecule has 30 heavy (non-hydrogen) atoms. The van der Waals surface area contributed by atoms with Gasteiger partial charge in [-0.3, -0.25) is 9.55 Å². The highest BCUT2D eigenvalue weighted by Crippen LogP contribution is 2.24. The minimum Gasteiger partial charge on any atom is -0.494 e. The lowest BCUT2D eigenvalue weighted by Gasteiger charge is -2.31. The molecule has 0 spiro atoms. The number of quaternary nitrogens is 1. The Kier molecular flexibility index (Phi) is 6.59. The predicted octanol–water partition coefficient (Wildman–Crippen LogP) is 3.67. The van der Waals surface area contributed by atoms with Gasteiger partial charge in [-0.15, -0.1) is 5.10 Å². The van der Waals surface area contributed by atoms with Gasteiger partial charge in [0.05, 0.1) is 24.9 Å². The van der Waals surface area contributed by atoms with E-state index in [2.05, 4.69) is 16.5 Å². The summed E-state index contributed by atoms with van der Waals surface area (Å²) < 4.78 is 10.4. The quantitative estimate of drug-likeness (QED) is 0.588. The average Bonchev–Trinajstić information content (AvgIpc) is 3.11. The van der Waals surface area contributed by atoms with E-state index in [1.54, 1.807) is 17.3 Å². The molecule has 1 fully saturated rings. The molecule has 0 saturated carbocycles. The van der Waals surface area contributed by atoms with Gasteiger partial charge in [-0.2, -0.15) is 4.68 Å². The molecule has 0 radical (unpaired) electrons. The second-order valence-corrected chi connectivity index (χ2v) is 8.14. The van der Waals surface area contributed by atoms with Crippen molar-refractivity contribution in [3.05, 3.63) is 53.6 Å². The van der Waals surface area contributed by atoms with E-state index < -0.39 is 0 Å². The van der Waals surface area contributed by atoms with Crippen LogP contribution in [0.5, 0.6) is 5.75 Å². The fraction of sp³-hybridized carbons (Fsp3) is 0.435. The van der Waals surface area contributed by atoms with Crippen LogP contribution >= 0.6 is 12.2 Å². The molecule has 2 aromatic heterocycles. The van der Waals surface area contributed by atoms with Gasteiger partial charge in [-0.1, -0.05) is 6.92 Å². The normalized spacial score (nSPS) is 19.0. The van der Waals surface area contributed by atoms with Crippen LogP contribution in [0, 0.1) is 4.77 Å². The number of nitrogens with zero attached hydrogens (tertiary/aromatic N) is 4. The molecule has 0 amide bonds. The number of benzene rings is 1. The third-order valence-electron chi connectivity index (χ3n) is 5.91. The molecule has 1 saturated heterocycles. The number of piperidine rings is 1. The van der Waals surface area contributed by atoms with Gasteiger partial charge >= 0.3 is 0 Å². The summed E-state index contributed by atoms with van der Waals surface area (Å²) in [5.74, 6) is 1.70. The molecule has 1 N–H and O–H groups in total. The van der Waals surface area contributed by atoms with Crippen LogP contribution in [-0.4, -0.2) is 38.5 Å². The van der Waals surface area contributed by atoms with Crippen molar-refractivity contribution in [3.63, 3.8) is 0 Å². The topological polar surface area (TPSA) is 49.3 Å². The Bertz CT molecular complexity index is 1010. The van der Waals surface area contributed by atoms with Crippen LogP contribution in [0.25, 0.3) is 17.1 Å². The molecule has 0 bridgehead atoms. The summed E-state index contributed by atoms with van der Waals surface area (Å²) in [6.07, 6.45) is 8.67. The number of rotatable bonds is 7. The Morgan fingerprint density at radius 3 is 2.57 bits per heavy atom. The Hall–Kier alpha value is -2.51. The van der Waals surface area contributed by atoms with Gasteiger partial charge in [-0.25, -0.2) is 0 Å². The van der Waals surface area contributed by atoms with Gasteiger partial charge in [0.15, 0.2) is 12.5 Å². The lowest BCUT2D eigenvalue weighted by atomic mass is 10.0. The van der Waals surface area contributed by atoms with Gasteiger partial charge in [-0.05, 0) is 81.2 Å². The van der Waals surface area contributed by atoms with E-state index in [9.17, 15) is 0 Å². The minimum atomic E-state index is 0.649.